The van der Waals surface area contributed by atoms with E-state index in [4.69, 9.17) is 0 Å². The van der Waals surface area contributed by atoms with Gasteiger partial charge in [-0.3, -0.25) is 23.7 Å². The average molecular weight is 503 g/mol. The molecule has 0 saturated carbocycles. The van der Waals surface area contributed by atoms with Gasteiger partial charge in [0.15, 0.2) is 5.78 Å². The first-order valence-corrected chi connectivity index (χ1v) is 12.3. The first-order valence-electron chi connectivity index (χ1n) is 11.5. The molecule has 1 atom stereocenters. The van der Waals surface area contributed by atoms with Crippen LogP contribution in [-0.4, -0.2) is 27.1 Å². The van der Waals surface area contributed by atoms with Crippen molar-refractivity contribution in [2.24, 2.45) is 0 Å². The second-order valence-corrected chi connectivity index (χ2v) is 9.51. The van der Waals surface area contributed by atoms with Gasteiger partial charge >= 0.3 is 0 Å². The minimum Gasteiger partial charge on any atom is -0.324 e. The van der Waals surface area contributed by atoms with Crippen LogP contribution in [0.2, 0.25) is 0 Å². The van der Waals surface area contributed by atoms with Crippen molar-refractivity contribution in [3.8, 4) is 0 Å². The summed E-state index contributed by atoms with van der Waals surface area (Å²) in [5, 5.41) is 6.01. The Kier molecular flexibility index (Phi) is 7.12. The zero-order valence-electron chi connectivity index (χ0n) is 20.4. The molecule has 9 heteroatoms. The summed E-state index contributed by atoms with van der Waals surface area (Å²) < 4.78 is 1.30. The molecule has 2 heterocycles. The highest BCUT2D eigenvalue weighted by atomic mass is 32.1. The summed E-state index contributed by atoms with van der Waals surface area (Å²) >= 11 is 1.15. The summed E-state index contributed by atoms with van der Waals surface area (Å²) in [5.41, 5.74) is 2.71. The predicted molar refractivity (Wildman–Crippen MR) is 142 cm³/mol. The molecule has 0 aliphatic heterocycles. The first-order chi connectivity index (χ1) is 17.2. The number of nitrogens with one attached hydrogen (secondary N) is 2. The van der Waals surface area contributed by atoms with Crippen molar-refractivity contribution in [1.29, 1.82) is 0 Å². The third-order valence-electron chi connectivity index (χ3n) is 6.04. The van der Waals surface area contributed by atoms with E-state index < -0.39 is 11.9 Å². The van der Waals surface area contributed by atoms with Crippen LogP contribution < -0.4 is 16.2 Å². The summed E-state index contributed by atoms with van der Waals surface area (Å²) in [5.74, 6) is -0.822. The number of aromatic nitrogens is 2. The normalized spacial score (nSPS) is 11.8. The van der Waals surface area contributed by atoms with Crippen LogP contribution in [0.1, 0.15) is 57.5 Å². The van der Waals surface area contributed by atoms with Crippen LogP contribution in [0, 0.1) is 13.8 Å². The van der Waals surface area contributed by atoms with Crippen LogP contribution in [0.4, 0.5) is 11.4 Å². The summed E-state index contributed by atoms with van der Waals surface area (Å²) in [6.07, 6.45) is 1.69. The molecule has 184 valence electrons. The van der Waals surface area contributed by atoms with E-state index in [9.17, 15) is 19.2 Å². The van der Waals surface area contributed by atoms with Crippen LogP contribution in [-0.2, 0) is 4.79 Å². The Labute approximate surface area is 212 Å². The van der Waals surface area contributed by atoms with Gasteiger partial charge in [-0.05, 0) is 56.5 Å². The smallest absolute Gasteiger partial charge is 0.266 e. The lowest BCUT2D eigenvalue weighted by Crippen LogP contribution is -2.33. The van der Waals surface area contributed by atoms with E-state index in [1.165, 1.54) is 17.8 Å². The van der Waals surface area contributed by atoms with E-state index in [0.717, 1.165) is 16.9 Å². The van der Waals surface area contributed by atoms with E-state index in [-0.39, 0.29) is 17.2 Å². The topological polar surface area (TPSA) is 110 Å². The summed E-state index contributed by atoms with van der Waals surface area (Å²) in [7, 11) is 0. The molecule has 1 unspecified atom stereocenters. The fraction of sp³-hybridized carbons (Fsp3) is 0.222. The number of ketones is 1. The van der Waals surface area contributed by atoms with Crippen LogP contribution in [0.3, 0.4) is 0 Å². The Bertz CT molecular complexity index is 1550. The molecule has 2 aromatic heterocycles. The lowest BCUT2D eigenvalue weighted by Gasteiger charge is -2.18. The van der Waals surface area contributed by atoms with Crippen molar-refractivity contribution in [2.45, 2.75) is 40.2 Å². The van der Waals surface area contributed by atoms with Crippen LogP contribution >= 0.6 is 11.3 Å². The third-order valence-corrected chi connectivity index (χ3v) is 7.24. The highest BCUT2D eigenvalue weighted by Crippen LogP contribution is 2.29. The molecule has 0 spiro atoms. The molecule has 0 aliphatic rings. The molecular formula is C27H26N4O4S. The van der Waals surface area contributed by atoms with Gasteiger partial charge in [0.05, 0.1) is 16.6 Å². The molecule has 8 nitrogen and oxygen atoms in total. The number of amides is 2. The number of anilines is 2. The quantitative estimate of drug-likeness (QED) is 0.341. The molecule has 4 aromatic rings. The van der Waals surface area contributed by atoms with Crippen molar-refractivity contribution >= 4 is 50.5 Å². The fourth-order valence-electron chi connectivity index (χ4n) is 4.02. The van der Waals surface area contributed by atoms with Gasteiger partial charge in [-0.15, -0.1) is 11.3 Å². The number of Topliss-reactive ketones (excluding diaryl/α,β-unsaturated/α-hetero) is 1. The summed E-state index contributed by atoms with van der Waals surface area (Å²) in [4.78, 5) is 56.5. The molecule has 0 bridgehead atoms. The molecule has 36 heavy (non-hydrogen) atoms. The standard InChI is InChI=1S/C27H26N4O4S/c1-5-21(24(33)29-19-11-8-10-18(13-19)17(4)32)31-14-28-26-22(27(31)35)16(3)23(36-26)25(34)30-20-12-7-6-9-15(20)2/h6-14,21H,5H2,1-4H3,(H,29,33)(H,30,34). The average Bonchev–Trinajstić information content (AvgIpc) is 3.19. The van der Waals surface area contributed by atoms with Gasteiger partial charge in [0.2, 0.25) is 5.91 Å². The van der Waals surface area contributed by atoms with Crippen molar-refractivity contribution in [3.63, 3.8) is 0 Å². The van der Waals surface area contributed by atoms with Crippen molar-refractivity contribution in [2.75, 3.05) is 10.6 Å². The number of hydrogen-bond acceptors (Lipinski definition) is 6. The second-order valence-electron chi connectivity index (χ2n) is 8.51. The lowest BCUT2D eigenvalue weighted by atomic mass is 10.1. The predicted octanol–water partition coefficient (Wildman–Crippen LogP) is 5.12. The van der Waals surface area contributed by atoms with Gasteiger partial charge in [-0.2, -0.15) is 0 Å². The molecule has 0 aliphatic carbocycles. The van der Waals surface area contributed by atoms with E-state index in [2.05, 4.69) is 15.6 Å². The summed E-state index contributed by atoms with van der Waals surface area (Å²) in [6, 6.07) is 13.3. The molecule has 2 N–H and O–H groups in total. The SMILES string of the molecule is CCC(C(=O)Nc1cccc(C(C)=O)c1)n1cnc2sc(C(=O)Nc3ccccc3C)c(C)c2c1=O. The maximum atomic E-state index is 13.5. The van der Waals surface area contributed by atoms with Crippen LogP contribution in [0.5, 0.6) is 0 Å². The Hall–Kier alpha value is -4.11. The van der Waals surface area contributed by atoms with Gasteiger partial charge < -0.3 is 10.6 Å². The molecule has 0 saturated heterocycles. The number of benzene rings is 2. The number of carbonyl (C=O) groups is 3. The minimum absolute atomic E-state index is 0.112. The van der Waals surface area contributed by atoms with Gasteiger partial charge in [0, 0.05) is 16.9 Å². The van der Waals surface area contributed by atoms with E-state index in [1.54, 1.807) is 38.1 Å². The van der Waals surface area contributed by atoms with Gasteiger partial charge in [0.1, 0.15) is 10.9 Å². The van der Waals surface area contributed by atoms with Crippen molar-refractivity contribution in [1.82, 2.24) is 9.55 Å². The van der Waals surface area contributed by atoms with E-state index in [1.807, 2.05) is 31.2 Å². The number of fused-ring (bicyclic) bond motifs is 1. The molecule has 0 radical (unpaired) electrons. The minimum atomic E-state index is -0.820. The zero-order chi connectivity index (χ0) is 26.0. The maximum absolute atomic E-state index is 13.5. The number of nitrogens with zero attached hydrogens (tertiary/aromatic N) is 2. The Morgan fingerprint density at radius 1 is 1.06 bits per heavy atom. The first kappa shape index (κ1) is 25.0. The Balaban J connectivity index is 1.65. The zero-order valence-corrected chi connectivity index (χ0v) is 21.2. The Morgan fingerprint density at radius 2 is 1.81 bits per heavy atom. The third kappa shape index (κ3) is 4.83. The van der Waals surface area contributed by atoms with Crippen molar-refractivity contribution < 1.29 is 14.4 Å². The Morgan fingerprint density at radius 3 is 2.50 bits per heavy atom. The van der Waals surface area contributed by atoms with Crippen LogP contribution in [0.15, 0.2) is 59.7 Å². The maximum Gasteiger partial charge on any atom is 0.266 e. The molecule has 2 aromatic carbocycles. The highest BCUT2D eigenvalue weighted by Gasteiger charge is 2.25. The number of aryl methyl sites for hydroxylation is 2. The molecule has 2 amide bonds. The van der Waals surface area contributed by atoms with Gasteiger partial charge in [-0.1, -0.05) is 37.3 Å². The van der Waals surface area contributed by atoms with Crippen molar-refractivity contribution in [3.05, 3.63) is 86.8 Å². The molecule has 0 fully saturated rings. The van der Waals surface area contributed by atoms with Crippen LogP contribution in [0.25, 0.3) is 10.2 Å². The second kappa shape index (κ2) is 10.2. The monoisotopic (exact) mass is 502 g/mol. The molecular weight excluding hydrogens is 476 g/mol. The number of rotatable bonds is 7. The number of carbonyl (C=O) groups excluding carboxylic acids is 3. The largest absolute Gasteiger partial charge is 0.324 e. The van der Waals surface area contributed by atoms with E-state index >= 15 is 0 Å². The van der Waals surface area contributed by atoms with Gasteiger partial charge in [-0.25, -0.2) is 4.98 Å². The lowest BCUT2D eigenvalue weighted by molar-refractivity contribution is -0.119. The number of para-hydroxylation sites is 1. The fourth-order valence-corrected chi connectivity index (χ4v) is 5.05. The van der Waals surface area contributed by atoms with Gasteiger partial charge in [0.25, 0.3) is 11.5 Å². The number of hydrogen-bond donors (Lipinski definition) is 2. The number of thiophene rings is 1. The molecule has 4 rings (SSSR count). The highest BCUT2D eigenvalue weighted by molar-refractivity contribution is 7.20. The van der Waals surface area contributed by atoms with E-state index in [0.29, 0.717) is 44.0 Å². The summed E-state index contributed by atoms with van der Waals surface area (Å²) in [6.45, 7) is 6.87.